The van der Waals surface area contributed by atoms with Crippen molar-refractivity contribution in [2.24, 2.45) is 0 Å². The van der Waals surface area contributed by atoms with Crippen molar-refractivity contribution in [2.75, 3.05) is 0 Å². The van der Waals surface area contributed by atoms with Gasteiger partial charge in [0.05, 0.1) is 13.2 Å². The molecule has 18 heavy (non-hydrogen) atoms. The average Bonchev–Trinajstić information content (AvgIpc) is 3.04. The van der Waals surface area contributed by atoms with Gasteiger partial charge in [-0.3, -0.25) is 0 Å². The van der Waals surface area contributed by atoms with Gasteiger partial charge in [0.25, 0.3) is 0 Å². The Morgan fingerprint density at radius 3 is 2.72 bits per heavy atom. The van der Waals surface area contributed by atoms with Crippen LogP contribution in [-0.2, 0) is 24.4 Å². The van der Waals surface area contributed by atoms with Crippen LogP contribution < -0.4 is 4.74 Å². The number of hydrogen-bond donors (Lipinski definition) is 0. The van der Waals surface area contributed by atoms with E-state index in [0.717, 1.165) is 25.4 Å². The number of benzene rings is 2. The van der Waals surface area contributed by atoms with Crippen LogP contribution in [0.4, 0.5) is 0 Å². The van der Waals surface area contributed by atoms with Gasteiger partial charge < -0.3 is 9.47 Å². The molecule has 0 saturated carbocycles. The Hall–Kier alpha value is -1.80. The summed E-state index contributed by atoms with van der Waals surface area (Å²) in [5, 5.41) is 0. The summed E-state index contributed by atoms with van der Waals surface area (Å²) in [4.78, 5) is 0. The molecule has 0 fully saturated rings. The molecule has 0 radical (unpaired) electrons. The van der Waals surface area contributed by atoms with Crippen LogP contribution in [0.1, 0.15) is 28.4 Å². The summed E-state index contributed by atoms with van der Waals surface area (Å²) in [6, 6.07) is 14.9. The molecule has 0 N–H and O–H groups in total. The molecule has 90 valence electrons. The molecule has 0 aliphatic carbocycles. The first kappa shape index (κ1) is 10.2. The molecule has 2 nitrogen and oxygen atoms in total. The Morgan fingerprint density at radius 2 is 1.78 bits per heavy atom. The van der Waals surface area contributed by atoms with Crippen LogP contribution in [-0.4, -0.2) is 0 Å². The predicted molar refractivity (Wildman–Crippen MR) is 68.5 cm³/mol. The number of fused-ring (bicyclic) bond motifs is 2. The zero-order valence-corrected chi connectivity index (χ0v) is 10.1. The highest BCUT2D eigenvalue weighted by molar-refractivity contribution is 5.41. The van der Waals surface area contributed by atoms with Gasteiger partial charge in [-0.2, -0.15) is 0 Å². The maximum atomic E-state index is 6.01. The minimum Gasteiger partial charge on any atom is -0.485 e. The molecule has 2 aliphatic heterocycles. The fourth-order valence-electron chi connectivity index (χ4n) is 2.76. The van der Waals surface area contributed by atoms with E-state index in [0.29, 0.717) is 0 Å². The van der Waals surface area contributed by atoms with Crippen molar-refractivity contribution in [1.29, 1.82) is 0 Å². The van der Waals surface area contributed by atoms with Gasteiger partial charge in [0.15, 0.2) is 0 Å². The SMILES string of the molecule is c1ccc2c(c1)CC(c1ccc3c(c1)COC3)O2. The molecular weight excluding hydrogens is 224 g/mol. The van der Waals surface area contributed by atoms with Gasteiger partial charge in [-0.05, 0) is 34.4 Å². The number of para-hydroxylation sites is 1. The van der Waals surface area contributed by atoms with E-state index in [1.54, 1.807) is 0 Å². The van der Waals surface area contributed by atoms with Crippen LogP contribution in [0.2, 0.25) is 0 Å². The first-order valence-corrected chi connectivity index (χ1v) is 6.34. The quantitative estimate of drug-likeness (QED) is 0.758. The molecule has 1 atom stereocenters. The highest BCUT2D eigenvalue weighted by atomic mass is 16.5. The summed E-state index contributed by atoms with van der Waals surface area (Å²) in [5.74, 6) is 1.03. The molecule has 0 aromatic heterocycles. The van der Waals surface area contributed by atoms with Crippen LogP contribution in [0, 0.1) is 0 Å². The first-order chi connectivity index (χ1) is 8.90. The second-order valence-corrected chi connectivity index (χ2v) is 4.94. The zero-order chi connectivity index (χ0) is 11.9. The molecule has 0 saturated heterocycles. The average molecular weight is 238 g/mol. The standard InChI is InChI=1S/C16H14O2/c1-2-4-15-11(3-1)8-16(18-15)12-5-6-13-9-17-10-14(13)7-12/h1-7,16H,8-10H2. The van der Waals surface area contributed by atoms with Crippen LogP contribution in [0.15, 0.2) is 42.5 Å². The molecule has 2 aromatic rings. The third kappa shape index (κ3) is 1.53. The molecule has 0 spiro atoms. The summed E-state index contributed by atoms with van der Waals surface area (Å²) in [7, 11) is 0. The molecular formula is C16H14O2. The fourth-order valence-corrected chi connectivity index (χ4v) is 2.76. The third-order valence-electron chi connectivity index (χ3n) is 3.76. The van der Waals surface area contributed by atoms with E-state index in [-0.39, 0.29) is 6.10 Å². The van der Waals surface area contributed by atoms with Crippen molar-refractivity contribution in [3.05, 3.63) is 64.7 Å². The first-order valence-electron chi connectivity index (χ1n) is 6.34. The van der Waals surface area contributed by atoms with Gasteiger partial charge in [0.1, 0.15) is 11.9 Å². The van der Waals surface area contributed by atoms with E-state index < -0.39 is 0 Å². The van der Waals surface area contributed by atoms with Crippen LogP contribution >= 0.6 is 0 Å². The lowest BCUT2D eigenvalue weighted by atomic mass is 10.00. The van der Waals surface area contributed by atoms with Crippen LogP contribution in [0.25, 0.3) is 0 Å². The Morgan fingerprint density at radius 1 is 0.889 bits per heavy atom. The zero-order valence-electron chi connectivity index (χ0n) is 10.1. The molecule has 2 aromatic carbocycles. The molecule has 2 aliphatic rings. The summed E-state index contributed by atoms with van der Waals surface area (Å²) in [6.45, 7) is 1.49. The smallest absolute Gasteiger partial charge is 0.128 e. The summed E-state index contributed by atoms with van der Waals surface area (Å²) in [6.07, 6.45) is 1.13. The van der Waals surface area contributed by atoms with Gasteiger partial charge in [-0.25, -0.2) is 0 Å². The second kappa shape index (κ2) is 3.85. The lowest BCUT2D eigenvalue weighted by molar-refractivity contribution is 0.134. The fraction of sp³-hybridized carbons (Fsp3) is 0.250. The maximum Gasteiger partial charge on any atom is 0.128 e. The van der Waals surface area contributed by atoms with E-state index in [1.807, 2.05) is 12.1 Å². The Balaban J connectivity index is 1.66. The minimum absolute atomic E-state index is 0.160. The Bertz CT molecular complexity index is 579. The Kier molecular flexibility index (Phi) is 2.17. The topological polar surface area (TPSA) is 18.5 Å². The van der Waals surface area contributed by atoms with Gasteiger partial charge >= 0.3 is 0 Å². The molecule has 2 heterocycles. The van der Waals surface area contributed by atoms with Crippen LogP contribution in [0.3, 0.4) is 0 Å². The van der Waals surface area contributed by atoms with Crippen molar-refractivity contribution in [3.63, 3.8) is 0 Å². The van der Waals surface area contributed by atoms with E-state index >= 15 is 0 Å². The maximum absolute atomic E-state index is 6.01. The van der Waals surface area contributed by atoms with Crippen molar-refractivity contribution < 1.29 is 9.47 Å². The van der Waals surface area contributed by atoms with E-state index in [2.05, 4.69) is 30.3 Å². The van der Waals surface area contributed by atoms with Gasteiger partial charge in [-0.15, -0.1) is 0 Å². The summed E-state index contributed by atoms with van der Waals surface area (Å²) < 4.78 is 11.5. The van der Waals surface area contributed by atoms with Gasteiger partial charge in [-0.1, -0.05) is 30.3 Å². The Labute approximate surface area is 106 Å². The largest absolute Gasteiger partial charge is 0.485 e. The second-order valence-electron chi connectivity index (χ2n) is 4.94. The molecule has 0 amide bonds. The number of ether oxygens (including phenoxy) is 2. The van der Waals surface area contributed by atoms with E-state index in [1.165, 1.54) is 22.3 Å². The summed E-state index contributed by atoms with van der Waals surface area (Å²) >= 11 is 0. The normalized spacial score (nSPS) is 20.3. The van der Waals surface area contributed by atoms with Gasteiger partial charge in [0.2, 0.25) is 0 Å². The molecule has 2 heteroatoms. The van der Waals surface area contributed by atoms with E-state index in [9.17, 15) is 0 Å². The highest BCUT2D eigenvalue weighted by Crippen LogP contribution is 2.37. The van der Waals surface area contributed by atoms with Crippen molar-refractivity contribution in [3.8, 4) is 5.75 Å². The van der Waals surface area contributed by atoms with E-state index in [4.69, 9.17) is 9.47 Å². The highest BCUT2D eigenvalue weighted by Gasteiger charge is 2.25. The number of hydrogen-bond acceptors (Lipinski definition) is 2. The monoisotopic (exact) mass is 238 g/mol. The van der Waals surface area contributed by atoms with Gasteiger partial charge in [0, 0.05) is 6.42 Å². The van der Waals surface area contributed by atoms with Crippen LogP contribution in [0.5, 0.6) is 5.75 Å². The molecule has 0 bridgehead atoms. The lowest BCUT2D eigenvalue weighted by Crippen LogP contribution is -2.03. The third-order valence-corrected chi connectivity index (χ3v) is 3.76. The lowest BCUT2D eigenvalue weighted by Gasteiger charge is -2.12. The number of rotatable bonds is 1. The summed E-state index contributed by atoms with van der Waals surface area (Å²) in [5.41, 5.74) is 5.19. The molecule has 4 rings (SSSR count). The predicted octanol–water partition coefficient (Wildman–Crippen LogP) is 3.39. The minimum atomic E-state index is 0.160. The van der Waals surface area contributed by atoms with Crippen molar-refractivity contribution >= 4 is 0 Å². The van der Waals surface area contributed by atoms with Crippen molar-refractivity contribution in [2.45, 2.75) is 25.7 Å². The van der Waals surface area contributed by atoms with Crippen molar-refractivity contribution in [1.82, 2.24) is 0 Å². The molecule has 1 unspecified atom stereocenters.